The highest BCUT2D eigenvalue weighted by molar-refractivity contribution is 7.88. The molecule has 0 spiro atoms. The maximum Gasteiger partial charge on any atom is 0.317 e. The fourth-order valence-corrected chi connectivity index (χ4v) is 3.85. The van der Waals surface area contributed by atoms with Crippen LogP contribution >= 0.6 is 0 Å². The van der Waals surface area contributed by atoms with Gasteiger partial charge in [0, 0.05) is 19.6 Å². The van der Waals surface area contributed by atoms with Crippen LogP contribution in [-0.2, 0) is 14.8 Å². The largest absolute Gasteiger partial charge is 0.493 e. The molecule has 2 aliphatic heterocycles. The summed E-state index contributed by atoms with van der Waals surface area (Å²) < 4.78 is 41.2. The van der Waals surface area contributed by atoms with Crippen LogP contribution in [0, 0.1) is 0 Å². The molecule has 0 unspecified atom stereocenters. The molecule has 9 nitrogen and oxygen atoms in total. The number of urea groups is 1. The molecule has 150 valence electrons. The first-order chi connectivity index (χ1) is 12.9. The van der Waals surface area contributed by atoms with Gasteiger partial charge in [-0.1, -0.05) is 12.1 Å². The van der Waals surface area contributed by atoms with Crippen molar-refractivity contribution in [3.8, 4) is 11.5 Å². The second-order valence-electron chi connectivity index (χ2n) is 6.60. The number of methoxy groups -OCH3 is 1. The summed E-state index contributed by atoms with van der Waals surface area (Å²) in [6.45, 7) is 2.14. The summed E-state index contributed by atoms with van der Waals surface area (Å²) in [6, 6.07) is 7.17. The highest BCUT2D eigenvalue weighted by Gasteiger charge is 2.33. The molecular weight excluding hydrogens is 374 g/mol. The van der Waals surface area contributed by atoms with E-state index in [1.165, 1.54) is 10.6 Å². The first-order valence-corrected chi connectivity index (χ1v) is 10.6. The molecule has 0 aliphatic carbocycles. The van der Waals surface area contributed by atoms with Crippen LogP contribution < -0.4 is 14.8 Å². The molecule has 27 heavy (non-hydrogen) atoms. The number of nitrogens with one attached hydrogen (secondary N) is 1. The van der Waals surface area contributed by atoms with Crippen molar-refractivity contribution in [1.29, 1.82) is 0 Å². The van der Waals surface area contributed by atoms with E-state index >= 15 is 0 Å². The number of benzene rings is 1. The lowest BCUT2D eigenvalue weighted by Crippen LogP contribution is -2.60. The lowest BCUT2D eigenvalue weighted by Gasteiger charge is -2.39. The minimum atomic E-state index is -3.25. The Hall–Kier alpha value is -2.04. The molecule has 10 heteroatoms. The van der Waals surface area contributed by atoms with Gasteiger partial charge in [0.15, 0.2) is 11.5 Å². The van der Waals surface area contributed by atoms with E-state index in [9.17, 15) is 13.2 Å². The molecule has 2 amide bonds. The van der Waals surface area contributed by atoms with Gasteiger partial charge in [0.05, 0.1) is 39.2 Å². The molecule has 2 saturated heterocycles. The number of carbonyl (C=O) groups excluding carboxylic acids is 1. The van der Waals surface area contributed by atoms with E-state index < -0.39 is 10.0 Å². The SMILES string of the molecule is COc1ccccc1OC1CN(C(=O)NC[C@H]2CN(S(C)(=O)=O)CCO2)C1. The standard InChI is InChI=1S/C17H25N3O6S/c1-24-15-5-3-4-6-16(15)26-14-10-19(11-14)17(21)18-9-13-12-20(7-8-25-13)27(2,22)23/h3-6,13-14H,7-12H2,1-2H3,(H,18,21)/t13-/m0/s1. The van der Waals surface area contributed by atoms with Crippen LogP contribution in [0.3, 0.4) is 0 Å². The van der Waals surface area contributed by atoms with Gasteiger partial charge in [-0.15, -0.1) is 0 Å². The zero-order valence-corrected chi connectivity index (χ0v) is 16.3. The molecule has 0 saturated carbocycles. The van der Waals surface area contributed by atoms with Crippen molar-refractivity contribution in [2.75, 3.05) is 52.7 Å². The summed E-state index contributed by atoms with van der Waals surface area (Å²) in [5.41, 5.74) is 0. The Morgan fingerprint density at radius 3 is 2.63 bits per heavy atom. The molecule has 0 radical (unpaired) electrons. The number of hydrogen-bond donors (Lipinski definition) is 1. The monoisotopic (exact) mass is 399 g/mol. The van der Waals surface area contributed by atoms with Gasteiger partial charge >= 0.3 is 6.03 Å². The zero-order chi connectivity index (χ0) is 19.4. The van der Waals surface area contributed by atoms with Crippen molar-refractivity contribution in [1.82, 2.24) is 14.5 Å². The molecular formula is C17H25N3O6S. The molecule has 0 bridgehead atoms. The Bertz CT molecular complexity index is 766. The zero-order valence-electron chi connectivity index (χ0n) is 15.5. The predicted molar refractivity (Wildman–Crippen MR) is 98.5 cm³/mol. The number of hydrogen-bond acceptors (Lipinski definition) is 6. The lowest BCUT2D eigenvalue weighted by molar-refractivity contribution is -0.00137. The fourth-order valence-electron chi connectivity index (χ4n) is 3.00. The van der Waals surface area contributed by atoms with E-state index in [4.69, 9.17) is 14.2 Å². The number of ether oxygens (including phenoxy) is 3. The Labute approximate surface area is 159 Å². The Balaban J connectivity index is 1.40. The van der Waals surface area contributed by atoms with Crippen LogP contribution in [0.15, 0.2) is 24.3 Å². The Kier molecular flexibility index (Phi) is 6.08. The summed E-state index contributed by atoms with van der Waals surface area (Å²) in [5.74, 6) is 1.31. The third kappa shape index (κ3) is 5.02. The molecule has 3 rings (SSSR count). The van der Waals surface area contributed by atoms with E-state index in [-0.39, 0.29) is 31.3 Å². The molecule has 1 N–H and O–H groups in total. The molecule has 0 aromatic heterocycles. The highest BCUT2D eigenvalue weighted by atomic mass is 32.2. The minimum absolute atomic E-state index is 0.0845. The number of sulfonamides is 1. The minimum Gasteiger partial charge on any atom is -0.493 e. The van der Waals surface area contributed by atoms with Gasteiger partial charge in [-0.05, 0) is 12.1 Å². The normalized spacial score (nSPS) is 21.4. The maximum absolute atomic E-state index is 12.2. The number of carbonyl (C=O) groups is 1. The number of rotatable bonds is 6. The fraction of sp³-hybridized carbons (Fsp3) is 0.588. The summed E-state index contributed by atoms with van der Waals surface area (Å²) in [4.78, 5) is 13.9. The van der Waals surface area contributed by atoms with Crippen molar-refractivity contribution in [2.45, 2.75) is 12.2 Å². The van der Waals surface area contributed by atoms with Gasteiger partial charge in [-0.2, -0.15) is 4.31 Å². The van der Waals surface area contributed by atoms with Crippen LogP contribution in [-0.4, -0.2) is 88.6 Å². The number of likely N-dealkylation sites (tertiary alicyclic amines) is 1. The molecule has 2 fully saturated rings. The van der Waals surface area contributed by atoms with Crippen molar-refractivity contribution >= 4 is 16.1 Å². The van der Waals surface area contributed by atoms with Gasteiger partial charge in [0.25, 0.3) is 0 Å². The van der Waals surface area contributed by atoms with Crippen LogP contribution in [0.4, 0.5) is 4.79 Å². The second kappa shape index (κ2) is 8.32. The van der Waals surface area contributed by atoms with Gasteiger partial charge in [-0.25, -0.2) is 13.2 Å². The maximum atomic E-state index is 12.2. The van der Waals surface area contributed by atoms with Crippen molar-refractivity contribution in [3.05, 3.63) is 24.3 Å². The first kappa shape index (κ1) is 19.7. The van der Waals surface area contributed by atoms with Crippen LogP contribution in [0.1, 0.15) is 0 Å². The number of morpholine rings is 1. The summed E-state index contributed by atoms with van der Waals surface area (Å²) in [5, 5.41) is 2.79. The third-order valence-electron chi connectivity index (χ3n) is 4.55. The molecule has 2 aliphatic rings. The summed E-state index contributed by atoms with van der Waals surface area (Å²) in [7, 11) is -1.66. The number of nitrogens with zero attached hydrogens (tertiary/aromatic N) is 2. The lowest BCUT2D eigenvalue weighted by atomic mass is 10.2. The molecule has 1 atom stereocenters. The Morgan fingerprint density at radius 2 is 1.96 bits per heavy atom. The number of para-hydroxylation sites is 2. The number of amides is 2. The summed E-state index contributed by atoms with van der Waals surface area (Å²) in [6.07, 6.45) is 0.744. The third-order valence-corrected chi connectivity index (χ3v) is 5.82. The molecule has 1 aromatic carbocycles. The van der Waals surface area contributed by atoms with Crippen LogP contribution in [0.25, 0.3) is 0 Å². The van der Waals surface area contributed by atoms with E-state index in [0.29, 0.717) is 37.7 Å². The average Bonchev–Trinajstić information content (AvgIpc) is 2.62. The van der Waals surface area contributed by atoms with E-state index in [0.717, 1.165) is 0 Å². The van der Waals surface area contributed by atoms with Gasteiger partial charge in [0.1, 0.15) is 6.10 Å². The van der Waals surface area contributed by atoms with E-state index in [1.807, 2.05) is 24.3 Å². The second-order valence-corrected chi connectivity index (χ2v) is 8.58. The van der Waals surface area contributed by atoms with E-state index in [1.54, 1.807) is 12.0 Å². The van der Waals surface area contributed by atoms with Crippen LogP contribution in [0.5, 0.6) is 11.5 Å². The van der Waals surface area contributed by atoms with Gasteiger partial charge in [-0.3, -0.25) is 0 Å². The topological polar surface area (TPSA) is 97.4 Å². The Morgan fingerprint density at radius 1 is 1.26 bits per heavy atom. The quantitative estimate of drug-likeness (QED) is 0.730. The predicted octanol–water partition coefficient (Wildman–Crippen LogP) is 0.128. The van der Waals surface area contributed by atoms with Crippen LogP contribution in [0.2, 0.25) is 0 Å². The molecule has 1 aromatic rings. The van der Waals surface area contributed by atoms with Crippen molar-refractivity contribution < 1.29 is 27.4 Å². The van der Waals surface area contributed by atoms with Crippen molar-refractivity contribution in [2.24, 2.45) is 0 Å². The van der Waals surface area contributed by atoms with E-state index in [2.05, 4.69) is 5.32 Å². The summed E-state index contributed by atoms with van der Waals surface area (Å²) >= 11 is 0. The highest BCUT2D eigenvalue weighted by Crippen LogP contribution is 2.28. The molecule has 2 heterocycles. The van der Waals surface area contributed by atoms with Gasteiger partial charge < -0.3 is 24.4 Å². The van der Waals surface area contributed by atoms with Crippen molar-refractivity contribution in [3.63, 3.8) is 0 Å². The smallest absolute Gasteiger partial charge is 0.317 e. The first-order valence-electron chi connectivity index (χ1n) is 8.76. The van der Waals surface area contributed by atoms with Gasteiger partial charge in [0.2, 0.25) is 10.0 Å². The average molecular weight is 399 g/mol.